The van der Waals surface area contributed by atoms with Crippen molar-refractivity contribution in [2.75, 3.05) is 13.2 Å². The van der Waals surface area contributed by atoms with Crippen LogP contribution in [-0.4, -0.2) is 69.1 Å². The number of hydrogen-bond donors (Lipinski definition) is 4. The second-order valence-electron chi connectivity index (χ2n) is 7.73. The van der Waals surface area contributed by atoms with Gasteiger partial charge in [-0.05, 0) is 20.3 Å². The molecular formula is C19H32O7. The number of ether oxygens (including phenoxy) is 2. The fourth-order valence-corrected chi connectivity index (χ4v) is 3.93. The predicted molar refractivity (Wildman–Crippen MR) is 94.2 cm³/mol. The van der Waals surface area contributed by atoms with Gasteiger partial charge in [-0.2, -0.15) is 0 Å². The zero-order valence-corrected chi connectivity index (χ0v) is 16.0. The monoisotopic (exact) mass is 372 g/mol. The lowest BCUT2D eigenvalue weighted by atomic mass is 9.78. The molecule has 2 aliphatic heterocycles. The van der Waals surface area contributed by atoms with E-state index < -0.39 is 47.8 Å². The van der Waals surface area contributed by atoms with Gasteiger partial charge in [0.05, 0.1) is 43.4 Å². The highest BCUT2D eigenvalue weighted by molar-refractivity contribution is 5.85. The van der Waals surface area contributed by atoms with Crippen LogP contribution in [0, 0.1) is 17.8 Å². The Morgan fingerprint density at radius 1 is 1.42 bits per heavy atom. The minimum Gasteiger partial charge on any atom is -0.396 e. The molecule has 0 aromatic carbocycles. The summed E-state index contributed by atoms with van der Waals surface area (Å²) in [5.41, 5.74) is -0.924. The van der Waals surface area contributed by atoms with Crippen molar-refractivity contribution in [2.45, 2.75) is 70.2 Å². The van der Waals surface area contributed by atoms with Crippen molar-refractivity contribution in [1.29, 1.82) is 0 Å². The molecular weight excluding hydrogens is 340 g/mol. The molecule has 2 saturated heterocycles. The Labute approximate surface area is 154 Å². The van der Waals surface area contributed by atoms with Gasteiger partial charge in [-0.1, -0.05) is 26.0 Å². The first-order valence-electron chi connectivity index (χ1n) is 9.31. The zero-order valence-electron chi connectivity index (χ0n) is 16.0. The largest absolute Gasteiger partial charge is 0.396 e. The lowest BCUT2D eigenvalue weighted by Crippen LogP contribution is -2.53. The Morgan fingerprint density at radius 3 is 2.58 bits per heavy atom. The second-order valence-corrected chi connectivity index (χ2v) is 7.73. The number of aliphatic hydroxyl groups excluding tert-OH is 3. The molecule has 0 amide bonds. The Morgan fingerprint density at radius 2 is 2.08 bits per heavy atom. The third-order valence-electron chi connectivity index (χ3n) is 5.83. The fraction of sp³-hybridized carbons (Fsp3) is 0.842. The Hall–Kier alpha value is -0.830. The minimum absolute atomic E-state index is 0.0669. The molecule has 0 saturated carbocycles. The summed E-state index contributed by atoms with van der Waals surface area (Å²) in [4.78, 5) is 12.8. The molecule has 4 N–H and O–H groups in total. The van der Waals surface area contributed by atoms with Crippen LogP contribution in [0.15, 0.2) is 12.2 Å². The van der Waals surface area contributed by atoms with Crippen LogP contribution < -0.4 is 0 Å². The van der Waals surface area contributed by atoms with Gasteiger partial charge in [-0.25, -0.2) is 0 Å². The number of allylic oxidation sites excluding steroid dienone is 1. The Bertz CT molecular complexity index is 536. The van der Waals surface area contributed by atoms with Gasteiger partial charge in [0, 0.05) is 12.3 Å². The molecule has 0 aliphatic carbocycles. The van der Waals surface area contributed by atoms with Crippen molar-refractivity contribution >= 4 is 5.78 Å². The van der Waals surface area contributed by atoms with Crippen molar-refractivity contribution in [3.8, 4) is 0 Å². The van der Waals surface area contributed by atoms with Crippen LogP contribution in [0.4, 0.5) is 0 Å². The zero-order chi connectivity index (χ0) is 19.7. The summed E-state index contributed by atoms with van der Waals surface area (Å²) in [5, 5.41) is 40.9. The third-order valence-corrected chi connectivity index (χ3v) is 5.83. The average Bonchev–Trinajstić information content (AvgIpc) is 3.29. The van der Waals surface area contributed by atoms with Crippen LogP contribution in [0.5, 0.6) is 0 Å². The average molecular weight is 372 g/mol. The lowest BCUT2D eigenvalue weighted by molar-refractivity contribution is -0.258. The standard InChI is InChI=1S/C19H32O7/c1-5-7-11(3)17-18(4,26-17)16(23)12(9-20)15(22)13-10-25-19(24,6-2)8-14(13)21/h5,7,11-14,16-17,20-21,23-24H,6,8-10H2,1-4H3/b7-5-/t11-,12-,13-,14+,16-,17+,18-,19?/m0/s1. The summed E-state index contributed by atoms with van der Waals surface area (Å²) in [6.45, 7) is 6.61. The molecule has 0 bridgehead atoms. The molecule has 7 nitrogen and oxygen atoms in total. The van der Waals surface area contributed by atoms with E-state index in [-0.39, 0.29) is 25.0 Å². The van der Waals surface area contributed by atoms with Crippen LogP contribution in [-0.2, 0) is 14.3 Å². The summed E-state index contributed by atoms with van der Waals surface area (Å²) in [5.74, 6) is -3.83. The van der Waals surface area contributed by atoms with Crippen molar-refractivity contribution in [1.82, 2.24) is 0 Å². The lowest BCUT2D eigenvalue weighted by Gasteiger charge is -2.39. The quantitative estimate of drug-likeness (QED) is 0.359. The van der Waals surface area contributed by atoms with Gasteiger partial charge in [0.15, 0.2) is 5.79 Å². The van der Waals surface area contributed by atoms with Crippen LogP contribution in [0.3, 0.4) is 0 Å². The third kappa shape index (κ3) is 4.03. The number of carbonyl (C=O) groups excluding carboxylic acids is 1. The van der Waals surface area contributed by atoms with E-state index in [0.717, 1.165) is 0 Å². The molecule has 150 valence electrons. The maximum Gasteiger partial charge on any atom is 0.167 e. The number of epoxide rings is 1. The molecule has 0 aromatic rings. The maximum atomic E-state index is 12.8. The van der Waals surface area contributed by atoms with E-state index in [1.807, 2.05) is 26.0 Å². The molecule has 2 fully saturated rings. The highest BCUT2D eigenvalue weighted by Crippen LogP contribution is 2.47. The van der Waals surface area contributed by atoms with Crippen molar-refractivity contribution in [3.63, 3.8) is 0 Å². The number of Topliss-reactive ketones (excluding diaryl/α,β-unsaturated/α-hetero) is 1. The normalized spacial score (nSPS) is 41.0. The van der Waals surface area contributed by atoms with Crippen molar-refractivity contribution in [3.05, 3.63) is 12.2 Å². The number of carbonyl (C=O) groups is 1. The first-order chi connectivity index (χ1) is 12.1. The molecule has 2 heterocycles. The minimum atomic E-state index is -1.44. The smallest absolute Gasteiger partial charge is 0.167 e. The first-order valence-corrected chi connectivity index (χ1v) is 9.31. The number of aliphatic hydroxyl groups is 4. The molecule has 1 unspecified atom stereocenters. The molecule has 2 aliphatic rings. The summed E-state index contributed by atoms with van der Waals surface area (Å²) in [6.07, 6.45) is 1.55. The number of ketones is 1. The van der Waals surface area contributed by atoms with Gasteiger partial charge < -0.3 is 29.9 Å². The highest BCUT2D eigenvalue weighted by atomic mass is 16.6. The van der Waals surface area contributed by atoms with Crippen molar-refractivity contribution < 1.29 is 34.7 Å². The van der Waals surface area contributed by atoms with Crippen LogP contribution in [0.1, 0.15) is 40.5 Å². The Balaban J connectivity index is 2.07. The summed E-state index contributed by atoms with van der Waals surface area (Å²) in [6, 6.07) is 0. The molecule has 26 heavy (non-hydrogen) atoms. The van der Waals surface area contributed by atoms with Gasteiger partial charge in [-0.15, -0.1) is 0 Å². The molecule has 0 spiro atoms. The molecule has 8 atom stereocenters. The SMILES string of the molecule is C/C=C\[C@H](C)[C@H]1O[C@@]1(C)[C@@H](O)[C@@H](CO)C(=O)[C@H]1COC(O)(CC)C[C@H]1O. The topological polar surface area (TPSA) is 120 Å². The molecule has 0 aromatic heterocycles. The highest BCUT2D eigenvalue weighted by Gasteiger charge is 2.62. The van der Waals surface area contributed by atoms with E-state index in [1.54, 1.807) is 13.8 Å². The van der Waals surface area contributed by atoms with Crippen LogP contribution >= 0.6 is 0 Å². The number of hydrogen-bond acceptors (Lipinski definition) is 7. The van der Waals surface area contributed by atoms with E-state index in [9.17, 15) is 25.2 Å². The van der Waals surface area contributed by atoms with E-state index in [2.05, 4.69) is 0 Å². The summed E-state index contributed by atoms with van der Waals surface area (Å²) >= 11 is 0. The van der Waals surface area contributed by atoms with Crippen LogP contribution in [0.25, 0.3) is 0 Å². The predicted octanol–water partition coefficient (Wildman–Crippen LogP) is 0.391. The Kier molecular flexibility index (Phi) is 6.64. The second kappa shape index (κ2) is 8.04. The van der Waals surface area contributed by atoms with Gasteiger partial charge in [-0.3, -0.25) is 4.79 Å². The molecule has 0 radical (unpaired) electrons. The van der Waals surface area contributed by atoms with E-state index >= 15 is 0 Å². The first kappa shape index (κ1) is 21.5. The maximum absolute atomic E-state index is 12.8. The van der Waals surface area contributed by atoms with E-state index in [0.29, 0.717) is 6.42 Å². The van der Waals surface area contributed by atoms with Gasteiger partial charge >= 0.3 is 0 Å². The van der Waals surface area contributed by atoms with Crippen LogP contribution in [0.2, 0.25) is 0 Å². The van der Waals surface area contributed by atoms with Gasteiger partial charge in [0.2, 0.25) is 0 Å². The fourth-order valence-electron chi connectivity index (χ4n) is 3.93. The van der Waals surface area contributed by atoms with Gasteiger partial charge in [0.25, 0.3) is 0 Å². The number of rotatable bonds is 8. The molecule has 7 heteroatoms. The van der Waals surface area contributed by atoms with Crippen molar-refractivity contribution in [2.24, 2.45) is 17.8 Å². The van der Waals surface area contributed by atoms with E-state index in [1.165, 1.54) is 0 Å². The van der Waals surface area contributed by atoms with Gasteiger partial charge in [0.1, 0.15) is 11.4 Å². The summed E-state index contributed by atoms with van der Waals surface area (Å²) in [7, 11) is 0. The summed E-state index contributed by atoms with van der Waals surface area (Å²) < 4.78 is 11.0. The molecule has 2 rings (SSSR count). The van der Waals surface area contributed by atoms with E-state index in [4.69, 9.17) is 9.47 Å².